The van der Waals surface area contributed by atoms with Crippen LogP contribution < -0.4 is 0 Å². The first-order chi connectivity index (χ1) is 9.32. The van der Waals surface area contributed by atoms with E-state index in [1.807, 2.05) is 19.0 Å². The zero-order valence-corrected chi connectivity index (χ0v) is 12.8. The predicted octanol–water partition coefficient (Wildman–Crippen LogP) is 0.597. The van der Waals surface area contributed by atoms with Crippen molar-refractivity contribution >= 4 is 5.91 Å². The number of carbonyl (C=O) groups is 1. The van der Waals surface area contributed by atoms with Crippen molar-refractivity contribution in [2.75, 3.05) is 33.7 Å². The zero-order valence-electron chi connectivity index (χ0n) is 12.8. The van der Waals surface area contributed by atoms with Gasteiger partial charge in [-0.1, -0.05) is 19.3 Å². The van der Waals surface area contributed by atoms with Crippen LogP contribution in [-0.2, 0) is 4.79 Å². The van der Waals surface area contributed by atoms with Crippen LogP contribution in [0.2, 0.25) is 0 Å². The molecule has 20 heavy (non-hydrogen) atoms. The quantitative estimate of drug-likeness (QED) is 0.793. The van der Waals surface area contributed by atoms with Crippen molar-refractivity contribution in [3.8, 4) is 0 Å². The number of aliphatic hydroxyl groups is 2. The summed E-state index contributed by atoms with van der Waals surface area (Å²) in [6.45, 7) is 1.56. The minimum absolute atomic E-state index is 0.0101. The first kappa shape index (κ1) is 15.7. The lowest BCUT2D eigenvalue weighted by molar-refractivity contribution is -0.137. The monoisotopic (exact) mass is 284 g/mol. The van der Waals surface area contributed by atoms with Crippen LogP contribution in [0.1, 0.15) is 44.9 Å². The molecule has 2 aliphatic rings. The minimum atomic E-state index is -0.808. The molecule has 1 saturated carbocycles. The highest BCUT2D eigenvalue weighted by Gasteiger charge is 2.40. The molecule has 5 heteroatoms. The van der Waals surface area contributed by atoms with Gasteiger partial charge in [-0.05, 0) is 33.4 Å². The minimum Gasteiger partial charge on any atom is -0.389 e. The number of β-amino-alcohol motifs (C(OH)–C–C–N with tert-alkyl or cyclic N) is 1. The van der Waals surface area contributed by atoms with E-state index >= 15 is 0 Å². The summed E-state index contributed by atoms with van der Waals surface area (Å²) in [7, 11) is 3.85. The van der Waals surface area contributed by atoms with Gasteiger partial charge >= 0.3 is 0 Å². The zero-order chi connectivity index (χ0) is 14.8. The molecule has 1 aliphatic carbocycles. The second-order valence-electron chi connectivity index (χ2n) is 6.99. The van der Waals surface area contributed by atoms with Crippen LogP contribution in [0.3, 0.4) is 0 Å². The summed E-state index contributed by atoms with van der Waals surface area (Å²) >= 11 is 0. The lowest BCUT2D eigenvalue weighted by Gasteiger charge is -2.33. The third-order valence-electron chi connectivity index (χ3n) is 4.56. The fourth-order valence-electron chi connectivity index (χ4n) is 3.57. The number of likely N-dealkylation sites (tertiary alicyclic amines) is 1. The van der Waals surface area contributed by atoms with Gasteiger partial charge in [0.15, 0.2) is 0 Å². The summed E-state index contributed by atoms with van der Waals surface area (Å²) in [6.07, 6.45) is 5.47. The van der Waals surface area contributed by atoms with Crippen LogP contribution in [0.4, 0.5) is 0 Å². The fraction of sp³-hybridized carbons (Fsp3) is 0.933. The lowest BCUT2D eigenvalue weighted by Crippen LogP contribution is -2.45. The van der Waals surface area contributed by atoms with E-state index in [0.717, 1.165) is 32.1 Å². The molecule has 1 heterocycles. The topological polar surface area (TPSA) is 64.0 Å². The van der Waals surface area contributed by atoms with Crippen LogP contribution in [0.25, 0.3) is 0 Å². The summed E-state index contributed by atoms with van der Waals surface area (Å²) in [5.41, 5.74) is -1.61. The summed E-state index contributed by atoms with van der Waals surface area (Å²) in [6, 6.07) is 0. The highest BCUT2D eigenvalue weighted by atomic mass is 16.3. The second kappa shape index (κ2) is 6.00. The number of hydrogen-bond acceptors (Lipinski definition) is 4. The maximum Gasteiger partial charge on any atom is 0.225 e. The van der Waals surface area contributed by atoms with Gasteiger partial charge < -0.3 is 20.0 Å². The van der Waals surface area contributed by atoms with Gasteiger partial charge in [-0.3, -0.25) is 4.79 Å². The van der Waals surface area contributed by atoms with Crippen LogP contribution in [0, 0.1) is 0 Å². The van der Waals surface area contributed by atoms with Crippen molar-refractivity contribution in [2.45, 2.75) is 56.1 Å². The molecule has 0 unspecified atom stereocenters. The van der Waals surface area contributed by atoms with Crippen molar-refractivity contribution in [2.24, 2.45) is 0 Å². The summed E-state index contributed by atoms with van der Waals surface area (Å²) in [4.78, 5) is 16.0. The van der Waals surface area contributed by atoms with Crippen molar-refractivity contribution in [3.63, 3.8) is 0 Å². The van der Waals surface area contributed by atoms with Crippen LogP contribution in [-0.4, -0.2) is 70.9 Å². The maximum absolute atomic E-state index is 12.3. The number of likely N-dealkylation sites (N-methyl/N-ethyl adjacent to an activating group) is 1. The van der Waals surface area contributed by atoms with Crippen LogP contribution >= 0.6 is 0 Å². The predicted molar refractivity (Wildman–Crippen MR) is 77.4 cm³/mol. The Bertz CT molecular complexity index is 353. The number of carbonyl (C=O) groups excluding carboxylic acids is 1. The van der Waals surface area contributed by atoms with Crippen molar-refractivity contribution in [1.29, 1.82) is 0 Å². The molecule has 0 aromatic heterocycles. The molecule has 0 spiro atoms. The first-order valence-corrected chi connectivity index (χ1v) is 7.69. The molecule has 2 rings (SSSR count). The molecule has 2 fully saturated rings. The molecule has 1 atom stereocenters. The molecule has 0 bridgehead atoms. The first-order valence-electron chi connectivity index (χ1n) is 7.69. The largest absolute Gasteiger partial charge is 0.389 e. The van der Waals surface area contributed by atoms with Gasteiger partial charge in [0, 0.05) is 13.1 Å². The molecule has 5 nitrogen and oxygen atoms in total. The van der Waals surface area contributed by atoms with Gasteiger partial charge in [0.25, 0.3) is 0 Å². The van der Waals surface area contributed by atoms with E-state index in [0.29, 0.717) is 26.1 Å². The smallest absolute Gasteiger partial charge is 0.225 e. The molecule has 0 aromatic rings. The van der Waals surface area contributed by atoms with Crippen LogP contribution in [0.5, 0.6) is 0 Å². The SMILES string of the molecule is CN(C)C[C@]1(O)CCN(C(=O)CC2(O)CCCCC2)C1. The van der Waals surface area contributed by atoms with E-state index in [2.05, 4.69) is 0 Å². The number of rotatable bonds is 4. The summed E-state index contributed by atoms with van der Waals surface area (Å²) in [5.74, 6) is -0.0101. The highest BCUT2D eigenvalue weighted by molar-refractivity contribution is 5.77. The molecule has 1 aliphatic heterocycles. The van der Waals surface area contributed by atoms with Gasteiger partial charge in [-0.2, -0.15) is 0 Å². The lowest BCUT2D eigenvalue weighted by atomic mass is 9.82. The molecule has 0 radical (unpaired) electrons. The second-order valence-corrected chi connectivity index (χ2v) is 6.99. The Labute approximate surface area is 121 Å². The summed E-state index contributed by atoms with van der Waals surface area (Å²) < 4.78 is 0. The molecule has 116 valence electrons. The average Bonchev–Trinajstić information content (AvgIpc) is 2.71. The standard InChI is InChI=1S/C15H28N2O3/c1-16(2)11-15(20)8-9-17(12-15)13(18)10-14(19)6-4-3-5-7-14/h19-20H,3-12H2,1-2H3/t15-/m1/s1. The number of nitrogens with zero attached hydrogens (tertiary/aromatic N) is 2. The molecule has 1 saturated heterocycles. The van der Waals surface area contributed by atoms with Crippen molar-refractivity contribution in [3.05, 3.63) is 0 Å². The molecular weight excluding hydrogens is 256 g/mol. The molecular formula is C15H28N2O3. The van der Waals surface area contributed by atoms with E-state index in [4.69, 9.17) is 0 Å². The molecule has 0 aromatic carbocycles. The van der Waals surface area contributed by atoms with Gasteiger partial charge in [0.05, 0.1) is 24.2 Å². The van der Waals surface area contributed by atoms with Gasteiger partial charge in [0.1, 0.15) is 0 Å². The van der Waals surface area contributed by atoms with Crippen molar-refractivity contribution < 1.29 is 15.0 Å². The Balaban J connectivity index is 1.88. The maximum atomic E-state index is 12.3. The van der Waals surface area contributed by atoms with Gasteiger partial charge in [-0.25, -0.2) is 0 Å². The van der Waals surface area contributed by atoms with E-state index in [9.17, 15) is 15.0 Å². The fourth-order valence-corrected chi connectivity index (χ4v) is 3.57. The normalized spacial score (nSPS) is 29.9. The van der Waals surface area contributed by atoms with E-state index < -0.39 is 11.2 Å². The van der Waals surface area contributed by atoms with E-state index in [1.54, 1.807) is 4.90 Å². The third kappa shape index (κ3) is 3.93. The number of amides is 1. The third-order valence-corrected chi connectivity index (χ3v) is 4.56. The Morgan fingerprint density at radius 2 is 1.75 bits per heavy atom. The number of hydrogen-bond donors (Lipinski definition) is 2. The van der Waals surface area contributed by atoms with E-state index in [-0.39, 0.29) is 12.3 Å². The van der Waals surface area contributed by atoms with Crippen molar-refractivity contribution in [1.82, 2.24) is 9.80 Å². The summed E-state index contributed by atoms with van der Waals surface area (Å²) in [5, 5.41) is 20.9. The molecule has 1 amide bonds. The Kier molecular flexibility index (Phi) is 4.72. The Morgan fingerprint density at radius 1 is 1.10 bits per heavy atom. The van der Waals surface area contributed by atoms with Crippen LogP contribution in [0.15, 0.2) is 0 Å². The van der Waals surface area contributed by atoms with E-state index in [1.165, 1.54) is 0 Å². The highest BCUT2D eigenvalue weighted by Crippen LogP contribution is 2.32. The Morgan fingerprint density at radius 3 is 2.35 bits per heavy atom. The van der Waals surface area contributed by atoms with Gasteiger partial charge in [-0.15, -0.1) is 0 Å². The Hall–Kier alpha value is -0.650. The van der Waals surface area contributed by atoms with Gasteiger partial charge in [0.2, 0.25) is 5.91 Å². The molecule has 2 N–H and O–H groups in total. The average molecular weight is 284 g/mol.